The van der Waals surface area contributed by atoms with Crippen LogP contribution < -0.4 is 21.8 Å². The minimum Gasteiger partial charge on any atom is -0.483 e. The van der Waals surface area contributed by atoms with Gasteiger partial charge in [-0.3, -0.25) is 9.63 Å². The first-order valence-corrected chi connectivity index (χ1v) is 11.8. The van der Waals surface area contributed by atoms with Crippen LogP contribution in [0.25, 0.3) is 6.08 Å². The fraction of sp³-hybridized carbons (Fsp3) is 0.444. The van der Waals surface area contributed by atoms with E-state index >= 15 is 0 Å². The molecule has 3 rings (SSSR count). The van der Waals surface area contributed by atoms with E-state index in [0.717, 1.165) is 6.92 Å². The highest BCUT2D eigenvalue weighted by Gasteiger charge is 2.65. The quantitative estimate of drug-likeness (QED) is 0.118. The second-order valence-electron chi connectivity index (χ2n) is 6.98. The minimum absolute atomic E-state index is 0.102. The highest BCUT2D eigenvalue weighted by Crippen LogP contribution is 3.02. The Hall–Kier alpha value is -2.71. The number of carboxylic acid groups (broad SMARTS) is 1. The number of fused-ring (bicyclic) bond motifs is 1. The lowest BCUT2D eigenvalue weighted by Gasteiger charge is -2.41. The summed E-state index contributed by atoms with van der Waals surface area (Å²) in [5, 5.41) is 16.9. The maximum Gasteiger partial charge on any atom is 0.430 e. The lowest BCUT2D eigenvalue weighted by Crippen LogP contribution is -2.42. The van der Waals surface area contributed by atoms with Gasteiger partial charge in [0.2, 0.25) is 12.4 Å². The van der Waals surface area contributed by atoms with Gasteiger partial charge in [-0.05, 0) is 57.1 Å². The van der Waals surface area contributed by atoms with Gasteiger partial charge in [-0.1, -0.05) is 19.4 Å². The van der Waals surface area contributed by atoms with E-state index in [9.17, 15) is 37.4 Å². The Morgan fingerprint density at radius 2 is 1.73 bits per heavy atom. The number of ether oxygens (including phenoxy) is 2. The van der Waals surface area contributed by atoms with Crippen molar-refractivity contribution >= 4 is 28.7 Å². The second-order valence-corrected chi connectivity index (χ2v) is 9.39. The van der Waals surface area contributed by atoms with Gasteiger partial charge in [0, 0.05) is 5.56 Å². The van der Waals surface area contributed by atoms with Crippen LogP contribution in [-0.2, 0) is 19.2 Å². The first-order chi connectivity index (χ1) is 16.8. The summed E-state index contributed by atoms with van der Waals surface area (Å²) in [6.07, 6.45) is -6.44. The van der Waals surface area contributed by atoms with E-state index < -0.39 is 56.5 Å². The summed E-state index contributed by atoms with van der Waals surface area (Å²) in [4.78, 5) is 21.9. The van der Waals surface area contributed by atoms with Crippen molar-refractivity contribution in [2.24, 2.45) is 5.90 Å². The molecule has 0 amide bonds. The van der Waals surface area contributed by atoms with E-state index in [4.69, 9.17) is 15.1 Å². The molecule has 2 aliphatic heterocycles. The average Bonchev–Trinajstić information content (AvgIpc) is 3.38. The number of rotatable bonds is 4. The Bertz CT molecular complexity index is 935. The molecule has 0 bridgehead atoms. The molecule has 37 heavy (non-hydrogen) atoms. The number of alkyl halides is 3. The molecular weight excluding hydrogens is 554 g/mol. The molecule has 10 nitrogen and oxygen atoms in total. The first-order valence-electron chi connectivity index (χ1n) is 9.84. The molecule has 0 saturated carbocycles. The van der Waals surface area contributed by atoms with E-state index in [1.807, 2.05) is 0 Å². The fourth-order valence-electron chi connectivity index (χ4n) is 2.70. The SMILES string of the molecule is C1CCNC1.CC(ON)OC(=O)C1=Cc2cc(S(F)(F)(F)(F)F)ccc2OC1C(F)(F)F.O=CO.[NH3+]O. The van der Waals surface area contributed by atoms with Crippen molar-refractivity contribution in [3.63, 3.8) is 0 Å². The molecule has 8 N–H and O–H groups in total. The van der Waals surface area contributed by atoms with Crippen LogP contribution in [0.3, 0.4) is 0 Å². The molecule has 0 aromatic heterocycles. The molecule has 19 heteroatoms. The van der Waals surface area contributed by atoms with Gasteiger partial charge in [0.25, 0.3) is 6.47 Å². The fourth-order valence-corrected chi connectivity index (χ4v) is 3.38. The van der Waals surface area contributed by atoms with E-state index in [-0.39, 0.29) is 18.6 Å². The van der Waals surface area contributed by atoms with Crippen molar-refractivity contribution in [1.29, 1.82) is 0 Å². The van der Waals surface area contributed by atoms with Crippen LogP contribution in [0.4, 0.5) is 32.6 Å². The lowest BCUT2D eigenvalue weighted by molar-refractivity contribution is -0.670. The number of carbonyl (C=O) groups excluding carboxylic acids is 1. The maximum absolute atomic E-state index is 13.1. The summed E-state index contributed by atoms with van der Waals surface area (Å²) < 4.78 is 113. The van der Waals surface area contributed by atoms with Gasteiger partial charge in [-0.15, -0.1) is 0 Å². The molecule has 1 saturated heterocycles. The largest absolute Gasteiger partial charge is 0.483 e. The predicted octanol–water partition coefficient (Wildman–Crippen LogP) is 3.52. The molecule has 0 spiro atoms. The normalized spacial score (nSPS) is 19.1. The summed E-state index contributed by atoms with van der Waals surface area (Å²) in [6, 6.07) is 0.0977. The Labute approximate surface area is 204 Å². The zero-order chi connectivity index (χ0) is 29.1. The lowest BCUT2D eigenvalue weighted by atomic mass is 10.0. The molecular formula is C18H26F8N3O7S+. The summed E-state index contributed by atoms with van der Waals surface area (Å²) in [7, 11) is -10.1. The third kappa shape index (κ3) is 11.5. The van der Waals surface area contributed by atoms with Gasteiger partial charge in [0.1, 0.15) is 10.6 Å². The summed E-state index contributed by atoms with van der Waals surface area (Å²) in [6.45, 7) is 3.30. The van der Waals surface area contributed by atoms with Gasteiger partial charge >= 0.3 is 22.4 Å². The van der Waals surface area contributed by atoms with Crippen LogP contribution >= 0.6 is 10.2 Å². The maximum atomic E-state index is 13.1. The molecule has 0 aliphatic carbocycles. The summed E-state index contributed by atoms with van der Waals surface area (Å²) in [5.41, 5.74) is -2.08. The van der Waals surface area contributed by atoms with Crippen molar-refractivity contribution in [2.75, 3.05) is 13.1 Å². The number of quaternary nitrogens is 1. The third-order valence-corrected chi connectivity index (χ3v) is 5.36. The number of hydrogen-bond donors (Lipinski definition) is 5. The second kappa shape index (κ2) is 12.7. The van der Waals surface area contributed by atoms with Crippen LogP contribution in [0.5, 0.6) is 5.75 Å². The Balaban J connectivity index is 0.00000110. The van der Waals surface area contributed by atoms with Crippen molar-refractivity contribution in [2.45, 2.75) is 43.2 Å². The standard InChI is InChI=1S/C13H11F8NO4S.C4H9N.CH2O2.H4NO/c1-6(26-22)24-12(23)9-5-7-4-8(27(17,18,19,20)21)2-3-10(7)25-11(9)13(14,15)16;1-2-4-5-3-1;2-1-3;1-2/h2-6,11H,22H2,1H3;5H,1-4H2;1H,(H,2,3);2H,1H3/q;;;+1. The summed E-state index contributed by atoms with van der Waals surface area (Å²) >= 11 is 0. The van der Waals surface area contributed by atoms with Crippen molar-refractivity contribution in [1.82, 2.24) is 5.32 Å². The van der Waals surface area contributed by atoms with E-state index in [2.05, 4.69) is 31.4 Å². The van der Waals surface area contributed by atoms with Crippen molar-refractivity contribution in [3.8, 4) is 5.75 Å². The first kappa shape index (κ1) is 34.3. The highest BCUT2D eigenvalue weighted by atomic mass is 32.5. The van der Waals surface area contributed by atoms with Gasteiger partial charge in [-0.25, -0.2) is 21.8 Å². The van der Waals surface area contributed by atoms with Crippen molar-refractivity contribution < 1.29 is 72.7 Å². The smallest absolute Gasteiger partial charge is 0.430 e. The number of nitrogens with two attached hydrogens (primary N) is 1. The van der Waals surface area contributed by atoms with Crippen LogP contribution in [0.1, 0.15) is 25.3 Å². The number of esters is 1. The minimum atomic E-state index is -10.1. The molecule has 2 heterocycles. The molecule has 1 aromatic carbocycles. The topological polar surface area (TPSA) is 168 Å². The Kier molecular flexibility index (Phi) is 11.8. The van der Waals surface area contributed by atoms with Gasteiger partial charge in [0.15, 0.2) is 0 Å². The molecule has 0 radical (unpaired) electrons. The summed E-state index contributed by atoms with van der Waals surface area (Å²) in [5.74, 6) is 4.50. The van der Waals surface area contributed by atoms with E-state index in [1.165, 1.54) is 25.9 Å². The zero-order valence-electron chi connectivity index (χ0n) is 19.0. The van der Waals surface area contributed by atoms with Crippen LogP contribution in [0.2, 0.25) is 0 Å². The number of carbonyl (C=O) groups is 2. The molecule has 2 atom stereocenters. The van der Waals surface area contributed by atoms with E-state index in [1.54, 1.807) is 0 Å². The monoisotopic (exact) mass is 580 g/mol. The Morgan fingerprint density at radius 3 is 2.11 bits per heavy atom. The van der Waals surface area contributed by atoms with Crippen LogP contribution in [-0.4, -0.2) is 54.4 Å². The van der Waals surface area contributed by atoms with Crippen LogP contribution in [0, 0.1) is 0 Å². The number of hydrogen-bond acceptors (Lipinski definition) is 8. The zero-order valence-corrected chi connectivity index (χ0v) is 19.8. The third-order valence-electron chi connectivity index (χ3n) is 4.22. The molecule has 1 aromatic rings. The molecule has 1 fully saturated rings. The predicted molar refractivity (Wildman–Crippen MR) is 113 cm³/mol. The number of nitrogens with one attached hydrogen (secondary N) is 1. The van der Waals surface area contributed by atoms with Gasteiger partial charge in [-0.2, -0.15) is 13.2 Å². The van der Waals surface area contributed by atoms with Gasteiger partial charge < -0.3 is 19.9 Å². The molecule has 2 unspecified atom stereocenters. The highest BCUT2D eigenvalue weighted by molar-refractivity contribution is 8.45. The van der Waals surface area contributed by atoms with Gasteiger partial charge in [0.05, 0.1) is 5.57 Å². The van der Waals surface area contributed by atoms with Crippen molar-refractivity contribution in [3.05, 3.63) is 29.3 Å². The average molecular weight is 580 g/mol. The number of halogens is 8. The molecule has 216 valence electrons. The van der Waals surface area contributed by atoms with E-state index in [0.29, 0.717) is 12.1 Å². The molecule has 2 aliphatic rings. The van der Waals surface area contributed by atoms with Crippen LogP contribution in [0.15, 0.2) is 28.7 Å². The number of benzene rings is 1. The Morgan fingerprint density at radius 1 is 1.22 bits per heavy atom.